The van der Waals surface area contributed by atoms with E-state index in [-0.39, 0.29) is 5.78 Å². The minimum Gasteiger partial charge on any atom is -0.345 e. The third-order valence-electron chi connectivity index (χ3n) is 2.69. The van der Waals surface area contributed by atoms with Crippen molar-refractivity contribution in [2.75, 3.05) is 0 Å². The molecule has 1 rings (SSSR count). The Balaban J connectivity index is 2.31. The normalized spacial score (nSPS) is 10.5. The average molecular weight is 207 g/mol. The first-order chi connectivity index (χ1) is 7.25. The van der Waals surface area contributed by atoms with E-state index in [4.69, 9.17) is 0 Å². The van der Waals surface area contributed by atoms with E-state index < -0.39 is 0 Å². The van der Waals surface area contributed by atoms with Gasteiger partial charge in [0.05, 0.1) is 5.69 Å². The van der Waals surface area contributed by atoms with Crippen molar-refractivity contribution in [1.82, 2.24) is 4.57 Å². The molecular weight excluding hydrogens is 186 g/mol. The molecule has 1 heterocycles. The first-order valence-electron chi connectivity index (χ1n) is 5.91. The number of hydrogen-bond acceptors (Lipinski definition) is 1. The highest BCUT2D eigenvalue weighted by Crippen LogP contribution is 2.08. The molecule has 0 spiro atoms. The Morgan fingerprint density at radius 2 is 2.00 bits per heavy atom. The van der Waals surface area contributed by atoms with Gasteiger partial charge < -0.3 is 4.57 Å². The van der Waals surface area contributed by atoms with Gasteiger partial charge in [0.2, 0.25) is 0 Å². The molecule has 0 aliphatic rings. The van der Waals surface area contributed by atoms with Gasteiger partial charge in [-0.05, 0) is 18.6 Å². The lowest BCUT2D eigenvalue weighted by Gasteiger charge is -2.06. The third kappa shape index (κ3) is 3.90. The van der Waals surface area contributed by atoms with Crippen LogP contribution in [0.3, 0.4) is 0 Å². The van der Waals surface area contributed by atoms with Crippen molar-refractivity contribution in [3.05, 3.63) is 24.0 Å². The highest BCUT2D eigenvalue weighted by molar-refractivity contribution is 5.92. The minimum atomic E-state index is 0.161. The van der Waals surface area contributed by atoms with Crippen LogP contribution in [0, 0.1) is 0 Å². The number of aryl methyl sites for hydroxylation is 1. The number of Topliss-reactive ketones (excluding diaryl/α,β-unsaturated/α-hetero) is 1. The Morgan fingerprint density at radius 3 is 2.67 bits per heavy atom. The second-order valence-electron chi connectivity index (χ2n) is 4.06. The maximum Gasteiger partial charge on any atom is 0.176 e. The van der Waals surface area contributed by atoms with Crippen LogP contribution in [0.25, 0.3) is 0 Å². The van der Waals surface area contributed by atoms with Crippen molar-refractivity contribution in [3.63, 3.8) is 0 Å². The van der Waals surface area contributed by atoms with E-state index >= 15 is 0 Å². The van der Waals surface area contributed by atoms with Crippen LogP contribution in [-0.2, 0) is 6.54 Å². The smallest absolute Gasteiger partial charge is 0.176 e. The molecule has 15 heavy (non-hydrogen) atoms. The van der Waals surface area contributed by atoms with Crippen LogP contribution in [-0.4, -0.2) is 10.4 Å². The Kier molecular flexibility index (Phi) is 5.16. The standard InChI is InChI=1S/C13H21NO/c1-3-4-5-6-7-10-14-11-8-9-13(14)12(2)15/h8-9,11H,3-7,10H2,1-2H3. The number of rotatable bonds is 7. The van der Waals surface area contributed by atoms with Gasteiger partial charge in [-0.2, -0.15) is 0 Å². The van der Waals surface area contributed by atoms with E-state index in [0.29, 0.717) is 0 Å². The maximum atomic E-state index is 11.2. The van der Waals surface area contributed by atoms with Gasteiger partial charge in [0.1, 0.15) is 0 Å². The van der Waals surface area contributed by atoms with Crippen molar-refractivity contribution < 1.29 is 4.79 Å². The van der Waals surface area contributed by atoms with Gasteiger partial charge in [-0.3, -0.25) is 4.79 Å². The fraction of sp³-hybridized carbons (Fsp3) is 0.615. The molecule has 0 atom stereocenters. The first-order valence-corrected chi connectivity index (χ1v) is 5.91. The number of unbranched alkanes of at least 4 members (excludes halogenated alkanes) is 4. The number of aromatic nitrogens is 1. The second kappa shape index (κ2) is 6.44. The molecule has 84 valence electrons. The van der Waals surface area contributed by atoms with Gasteiger partial charge in [-0.1, -0.05) is 32.6 Å². The fourth-order valence-electron chi connectivity index (χ4n) is 1.81. The Labute approximate surface area is 92.3 Å². The summed E-state index contributed by atoms with van der Waals surface area (Å²) in [6, 6.07) is 3.84. The molecule has 0 saturated carbocycles. The summed E-state index contributed by atoms with van der Waals surface area (Å²) in [6.45, 7) is 4.83. The van der Waals surface area contributed by atoms with E-state index in [0.717, 1.165) is 12.2 Å². The molecule has 0 aromatic carbocycles. The largest absolute Gasteiger partial charge is 0.345 e. The molecule has 2 heteroatoms. The summed E-state index contributed by atoms with van der Waals surface area (Å²) in [6.07, 6.45) is 8.36. The van der Waals surface area contributed by atoms with Crippen LogP contribution in [0.1, 0.15) is 56.4 Å². The first kappa shape index (κ1) is 12.0. The van der Waals surface area contributed by atoms with Gasteiger partial charge in [-0.15, -0.1) is 0 Å². The predicted molar refractivity (Wildman–Crippen MR) is 63.2 cm³/mol. The quantitative estimate of drug-likeness (QED) is 0.494. The van der Waals surface area contributed by atoms with E-state index in [1.54, 1.807) is 6.92 Å². The number of hydrogen-bond donors (Lipinski definition) is 0. The topological polar surface area (TPSA) is 22.0 Å². The Bertz CT molecular complexity index is 301. The van der Waals surface area contributed by atoms with Crippen LogP contribution in [0.4, 0.5) is 0 Å². The zero-order chi connectivity index (χ0) is 11.1. The molecule has 0 radical (unpaired) electrons. The van der Waals surface area contributed by atoms with Crippen molar-refractivity contribution in [3.8, 4) is 0 Å². The van der Waals surface area contributed by atoms with Gasteiger partial charge in [-0.25, -0.2) is 0 Å². The highest BCUT2D eigenvalue weighted by atomic mass is 16.1. The lowest BCUT2D eigenvalue weighted by atomic mass is 10.1. The lowest BCUT2D eigenvalue weighted by Crippen LogP contribution is -2.05. The van der Waals surface area contributed by atoms with Crippen LogP contribution in [0.5, 0.6) is 0 Å². The van der Waals surface area contributed by atoms with Crippen molar-refractivity contribution in [2.24, 2.45) is 0 Å². The maximum absolute atomic E-state index is 11.2. The third-order valence-corrected chi connectivity index (χ3v) is 2.69. The summed E-state index contributed by atoms with van der Waals surface area (Å²) in [5.41, 5.74) is 0.838. The Hall–Kier alpha value is -1.05. The SMILES string of the molecule is CCCCCCCn1cccc1C(C)=O. The fourth-order valence-corrected chi connectivity index (χ4v) is 1.81. The number of nitrogens with zero attached hydrogens (tertiary/aromatic N) is 1. The predicted octanol–water partition coefficient (Wildman–Crippen LogP) is 3.66. The van der Waals surface area contributed by atoms with E-state index in [1.807, 2.05) is 18.3 Å². The average Bonchev–Trinajstić information content (AvgIpc) is 2.66. The Morgan fingerprint density at radius 1 is 1.27 bits per heavy atom. The molecule has 0 aliphatic carbocycles. The van der Waals surface area contributed by atoms with Crippen molar-refractivity contribution in [1.29, 1.82) is 0 Å². The van der Waals surface area contributed by atoms with Crippen LogP contribution in [0.2, 0.25) is 0 Å². The number of carbonyl (C=O) groups is 1. The van der Waals surface area contributed by atoms with E-state index in [1.165, 1.54) is 32.1 Å². The summed E-state index contributed by atoms with van der Waals surface area (Å²) in [5, 5.41) is 0. The summed E-state index contributed by atoms with van der Waals surface area (Å²) >= 11 is 0. The second-order valence-corrected chi connectivity index (χ2v) is 4.06. The molecule has 0 unspecified atom stereocenters. The van der Waals surface area contributed by atoms with E-state index in [9.17, 15) is 4.79 Å². The number of carbonyl (C=O) groups excluding carboxylic acids is 1. The summed E-state index contributed by atoms with van der Waals surface area (Å²) < 4.78 is 2.06. The highest BCUT2D eigenvalue weighted by Gasteiger charge is 2.04. The number of ketones is 1. The molecule has 0 bridgehead atoms. The zero-order valence-electron chi connectivity index (χ0n) is 9.83. The molecule has 0 amide bonds. The van der Waals surface area contributed by atoms with E-state index in [2.05, 4.69) is 11.5 Å². The molecule has 1 aromatic rings. The molecule has 0 saturated heterocycles. The molecular formula is C13H21NO. The lowest BCUT2D eigenvalue weighted by molar-refractivity contribution is 0.100. The van der Waals surface area contributed by atoms with Crippen LogP contribution >= 0.6 is 0 Å². The molecule has 1 aromatic heterocycles. The molecule has 0 aliphatic heterocycles. The molecule has 0 fully saturated rings. The summed E-state index contributed by atoms with van der Waals surface area (Å²) in [5.74, 6) is 0.161. The van der Waals surface area contributed by atoms with Crippen molar-refractivity contribution in [2.45, 2.75) is 52.5 Å². The molecule has 2 nitrogen and oxygen atoms in total. The van der Waals surface area contributed by atoms with Crippen LogP contribution in [0.15, 0.2) is 18.3 Å². The minimum absolute atomic E-state index is 0.161. The zero-order valence-corrected chi connectivity index (χ0v) is 9.83. The molecule has 0 N–H and O–H groups in total. The van der Waals surface area contributed by atoms with Crippen LogP contribution < -0.4 is 0 Å². The van der Waals surface area contributed by atoms with Gasteiger partial charge in [0.15, 0.2) is 5.78 Å². The summed E-state index contributed by atoms with van der Waals surface area (Å²) in [7, 11) is 0. The van der Waals surface area contributed by atoms with Gasteiger partial charge >= 0.3 is 0 Å². The monoisotopic (exact) mass is 207 g/mol. The van der Waals surface area contributed by atoms with Gasteiger partial charge in [0.25, 0.3) is 0 Å². The van der Waals surface area contributed by atoms with Crippen molar-refractivity contribution >= 4 is 5.78 Å². The summed E-state index contributed by atoms with van der Waals surface area (Å²) in [4.78, 5) is 11.2. The van der Waals surface area contributed by atoms with Gasteiger partial charge in [0, 0.05) is 19.7 Å².